The lowest BCUT2D eigenvalue weighted by Crippen LogP contribution is -1.96. The fraction of sp³-hybridized carbons (Fsp3) is 0.0417. The van der Waals surface area contributed by atoms with Crippen LogP contribution in [0.1, 0.15) is 17.3 Å². The number of imidazole rings is 1. The van der Waals surface area contributed by atoms with E-state index < -0.39 is 0 Å². The second-order valence-electron chi connectivity index (χ2n) is 6.92. The SMILES string of the molecule is CC(=O)c1ccccc1-c1[nH]c(-c2ccccc2)nc1N=Nc1nc2ccccc2s1. The molecule has 0 aliphatic rings. The third-order valence-corrected chi connectivity index (χ3v) is 5.74. The Labute approximate surface area is 182 Å². The molecule has 0 aliphatic carbocycles. The van der Waals surface area contributed by atoms with Crippen LogP contribution in [0.2, 0.25) is 0 Å². The minimum Gasteiger partial charge on any atom is -0.336 e. The number of Topliss-reactive ketones (excluding diaryl/α,β-unsaturated/α-hetero) is 1. The van der Waals surface area contributed by atoms with E-state index in [1.165, 1.54) is 11.3 Å². The molecule has 7 heteroatoms. The minimum absolute atomic E-state index is 0.0273. The predicted octanol–water partition coefficient (Wildman–Crippen LogP) is 6.97. The molecular weight excluding hydrogens is 406 g/mol. The zero-order valence-electron chi connectivity index (χ0n) is 16.6. The van der Waals surface area contributed by atoms with E-state index in [1.807, 2.05) is 72.8 Å². The average Bonchev–Trinajstić information content (AvgIpc) is 3.42. The van der Waals surface area contributed by atoms with Crippen LogP contribution in [0.25, 0.3) is 32.9 Å². The number of azo groups is 1. The van der Waals surface area contributed by atoms with Gasteiger partial charge < -0.3 is 4.98 Å². The summed E-state index contributed by atoms with van der Waals surface area (Å²) in [5, 5.41) is 9.31. The highest BCUT2D eigenvalue weighted by Crippen LogP contribution is 2.35. The normalized spacial score (nSPS) is 11.4. The molecule has 31 heavy (non-hydrogen) atoms. The molecule has 6 nitrogen and oxygen atoms in total. The summed E-state index contributed by atoms with van der Waals surface area (Å²) in [4.78, 5) is 24.7. The molecule has 0 atom stereocenters. The number of hydrogen-bond acceptors (Lipinski definition) is 6. The van der Waals surface area contributed by atoms with Crippen molar-refractivity contribution in [2.45, 2.75) is 6.92 Å². The molecule has 150 valence electrons. The van der Waals surface area contributed by atoms with E-state index in [0.29, 0.717) is 28.0 Å². The van der Waals surface area contributed by atoms with Gasteiger partial charge in [-0.15, -0.1) is 10.2 Å². The number of aromatic nitrogens is 3. The fourth-order valence-corrected chi connectivity index (χ4v) is 4.15. The number of carbonyl (C=O) groups excluding carboxylic acids is 1. The summed E-state index contributed by atoms with van der Waals surface area (Å²) in [5.41, 5.74) is 3.79. The van der Waals surface area contributed by atoms with Crippen molar-refractivity contribution >= 4 is 38.3 Å². The molecule has 0 radical (unpaired) electrons. The first-order chi connectivity index (χ1) is 15.2. The third-order valence-electron chi connectivity index (χ3n) is 4.82. The maximum Gasteiger partial charge on any atom is 0.231 e. The summed E-state index contributed by atoms with van der Waals surface area (Å²) >= 11 is 1.47. The lowest BCUT2D eigenvalue weighted by atomic mass is 10.0. The van der Waals surface area contributed by atoms with Crippen LogP contribution in [-0.2, 0) is 0 Å². The van der Waals surface area contributed by atoms with Crippen LogP contribution in [0.5, 0.6) is 0 Å². The molecule has 5 aromatic rings. The Hall–Kier alpha value is -3.97. The highest BCUT2D eigenvalue weighted by atomic mass is 32.1. The number of para-hydroxylation sites is 1. The predicted molar refractivity (Wildman–Crippen MR) is 123 cm³/mol. The van der Waals surface area contributed by atoms with Gasteiger partial charge in [0.25, 0.3) is 0 Å². The summed E-state index contributed by atoms with van der Waals surface area (Å²) in [7, 11) is 0. The number of aromatic amines is 1. The van der Waals surface area contributed by atoms with E-state index in [1.54, 1.807) is 13.0 Å². The number of ketones is 1. The summed E-state index contributed by atoms with van der Waals surface area (Å²) in [6.45, 7) is 1.55. The zero-order chi connectivity index (χ0) is 21.2. The van der Waals surface area contributed by atoms with Crippen LogP contribution in [0.4, 0.5) is 10.9 Å². The van der Waals surface area contributed by atoms with Crippen LogP contribution in [0.15, 0.2) is 89.1 Å². The van der Waals surface area contributed by atoms with Gasteiger partial charge in [0, 0.05) is 16.7 Å². The van der Waals surface area contributed by atoms with Crippen LogP contribution in [-0.4, -0.2) is 20.7 Å². The van der Waals surface area contributed by atoms with E-state index in [-0.39, 0.29) is 5.78 Å². The first-order valence-corrected chi connectivity index (χ1v) is 10.5. The molecule has 3 aromatic carbocycles. The average molecular weight is 424 g/mol. The van der Waals surface area contributed by atoms with Crippen LogP contribution in [0, 0.1) is 0 Å². The zero-order valence-corrected chi connectivity index (χ0v) is 17.4. The maximum atomic E-state index is 12.2. The maximum absolute atomic E-state index is 12.2. The molecule has 0 saturated heterocycles. The van der Waals surface area contributed by atoms with Gasteiger partial charge in [0.2, 0.25) is 10.9 Å². The molecule has 0 aliphatic heterocycles. The van der Waals surface area contributed by atoms with Gasteiger partial charge >= 0.3 is 0 Å². The quantitative estimate of drug-likeness (QED) is 0.245. The van der Waals surface area contributed by atoms with Crippen molar-refractivity contribution in [3.05, 3.63) is 84.4 Å². The van der Waals surface area contributed by atoms with E-state index >= 15 is 0 Å². The Bertz CT molecular complexity index is 1390. The number of rotatable bonds is 5. The third kappa shape index (κ3) is 3.78. The van der Waals surface area contributed by atoms with Crippen molar-refractivity contribution < 1.29 is 4.79 Å². The van der Waals surface area contributed by atoms with Crippen molar-refractivity contribution in [1.29, 1.82) is 0 Å². The molecule has 0 unspecified atom stereocenters. The van der Waals surface area contributed by atoms with Gasteiger partial charge in [-0.25, -0.2) is 9.97 Å². The number of fused-ring (bicyclic) bond motifs is 1. The highest BCUT2D eigenvalue weighted by molar-refractivity contribution is 7.21. The second-order valence-corrected chi connectivity index (χ2v) is 7.93. The van der Waals surface area contributed by atoms with E-state index in [4.69, 9.17) is 0 Å². The molecule has 2 aromatic heterocycles. The number of carbonyl (C=O) groups is 1. The number of nitrogens with one attached hydrogen (secondary N) is 1. The fourth-order valence-electron chi connectivity index (χ4n) is 3.36. The summed E-state index contributed by atoms with van der Waals surface area (Å²) < 4.78 is 1.05. The Morgan fingerprint density at radius 1 is 0.871 bits per heavy atom. The van der Waals surface area contributed by atoms with Crippen molar-refractivity contribution in [3.63, 3.8) is 0 Å². The molecule has 0 saturated carbocycles. The van der Waals surface area contributed by atoms with Gasteiger partial charge in [0.1, 0.15) is 5.82 Å². The first kappa shape index (κ1) is 19.0. The minimum atomic E-state index is -0.0273. The Morgan fingerprint density at radius 2 is 1.61 bits per heavy atom. The molecule has 2 heterocycles. The number of benzene rings is 3. The first-order valence-electron chi connectivity index (χ1n) is 9.72. The Morgan fingerprint density at radius 3 is 2.42 bits per heavy atom. The smallest absolute Gasteiger partial charge is 0.231 e. The molecule has 0 bridgehead atoms. The van der Waals surface area contributed by atoms with Crippen LogP contribution < -0.4 is 0 Å². The Kier molecular flexibility index (Phi) is 4.93. The van der Waals surface area contributed by atoms with Crippen molar-refractivity contribution in [1.82, 2.24) is 15.0 Å². The van der Waals surface area contributed by atoms with Gasteiger partial charge in [-0.3, -0.25) is 4.79 Å². The lowest BCUT2D eigenvalue weighted by molar-refractivity contribution is 0.101. The molecule has 0 amide bonds. The van der Waals surface area contributed by atoms with Crippen molar-refractivity contribution in [3.8, 4) is 22.6 Å². The standard InChI is InChI=1S/C24H17N5OS/c1-15(30)17-11-5-6-12-18(17)21-23(27-22(26-21)16-9-3-2-4-10-16)28-29-24-25-19-13-7-8-14-20(19)31-24/h2-14H,1H3,(H,26,27). The van der Waals surface area contributed by atoms with Gasteiger partial charge in [-0.1, -0.05) is 78.1 Å². The number of thiazole rings is 1. The molecular formula is C24H17N5OS. The van der Waals surface area contributed by atoms with Crippen LogP contribution >= 0.6 is 11.3 Å². The number of hydrogen-bond donors (Lipinski definition) is 1. The van der Waals surface area contributed by atoms with E-state index in [2.05, 4.69) is 25.2 Å². The van der Waals surface area contributed by atoms with Gasteiger partial charge in [0.15, 0.2) is 5.78 Å². The highest BCUT2D eigenvalue weighted by Gasteiger charge is 2.18. The lowest BCUT2D eigenvalue weighted by Gasteiger charge is -2.05. The van der Waals surface area contributed by atoms with Crippen molar-refractivity contribution in [2.24, 2.45) is 10.2 Å². The largest absolute Gasteiger partial charge is 0.336 e. The Balaban J connectivity index is 1.63. The van der Waals surface area contributed by atoms with Gasteiger partial charge in [-0.2, -0.15) is 0 Å². The van der Waals surface area contributed by atoms with E-state index in [0.717, 1.165) is 21.3 Å². The molecule has 0 fully saturated rings. The van der Waals surface area contributed by atoms with Gasteiger partial charge in [-0.05, 0) is 19.1 Å². The topological polar surface area (TPSA) is 83.4 Å². The summed E-state index contributed by atoms with van der Waals surface area (Å²) in [6, 6.07) is 25.1. The molecule has 5 rings (SSSR count). The monoisotopic (exact) mass is 423 g/mol. The van der Waals surface area contributed by atoms with Gasteiger partial charge in [0.05, 0.1) is 15.9 Å². The summed E-state index contributed by atoms with van der Waals surface area (Å²) in [6.07, 6.45) is 0. The number of nitrogens with zero attached hydrogens (tertiary/aromatic N) is 4. The molecule has 0 spiro atoms. The second kappa shape index (κ2) is 8.04. The summed E-state index contributed by atoms with van der Waals surface area (Å²) in [5.74, 6) is 1.04. The van der Waals surface area contributed by atoms with E-state index in [9.17, 15) is 4.79 Å². The van der Waals surface area contributed by atoms with Crippen LogP contribution in [0.3, 0.4) is 0 Å². The molecule has 1 N–H and O–H groups in total. The number of H-pyrrole nitrogens is 1. The van der Waals surface area contributed by atoms with Crippen molar-refractivity contribution in [2.75, 3.05) is 0 Å².